The molecular weight excluding hydrogens is 398 g/mol. The van der Waals surface area contributed by atoms with Crippen molar-refractivity contribution in [2.75, 3.05) is 39.8 Å². The van der Waals surface area contributed by atoms with Crippen LogP contribution >= 0.6 is 0 Å². The van der Waals surface area contributed by atoms with Crippen molar-refractivity contribution in [3.63, 3.8) is 0 Å². The van der Waals surface area contributed by atoms with E-state index in [1.807, 2.05) is 64.2 Å². The standard InChI is InChI=1S/C23H31N3O3S/c1-18-10-11-22(16-19(18)2)30(28,29)26-14-12-25(13-15-26)17-23(27)24(4)20(3)21-8-6-5-7-9-21/h5-11,16,20H,12-15,17H2,1-4H3/p+1/t20-/m1/s1. The number of benzene rings is 2. The van der Waals surface area contributed by atoms with Gasteiger partial charge in [-0.25, -0.2) is 8.42 Å². The quantitative estimate of drug-likeness (QED) is 0.754. The van der Waals surface area contributed by atoms with Gasteiger partial charge in [-0.15, -0.1) is 0 Å². The lowest BCUT2D eigenvalue weighted by molar-refractivity contribution is -0.896. The number of hydrogen-bond donors (Lipinski definition) is 1. The SMILES string of the molecule is Cc1ccc(S(=O)(=O)N2CC[NH+](CC(=O)N(C)[C@H](C)c3ccccc3)CC2)cc1C. The van der Waals surface area contributed by atoms with Crippen molar-refractivity contribution in [3.05, 3.63) is 65.2 Å². The van der Waals surface area contributed by atoms with Crippen molar-refractivity contribution >= 4 is 15.9 Å². The average Bonchev–Trinajstić information content (AvgIpc) is 2.75. The van der Waals surface area contributed by atoms with Gasteiger partial charge >= 0.3 is 0 Å². The van der Waals surface area contributed by atoms with Gasteiger partial charge in [-0.2, -0.15) is 4.31 Å². The Bertz CT molecular complexity index is 984. The van der Waals surface area contributed by atoms with Crippen LogP contribution < -0.4 is 4.90 Å². The Morgan fingerprint density at radius 1 is 1.07 bits per heavy atom. The number of piperazine rings is 1. The molecule has 0 spiro atoms. The van der Waals surface area contributed by atoms with Crippen molar-refractivity contribution < 1.29 is 18.1 Å². The molecule has 30 heavy (non-hydrogen) atoms. The lowest BCUT2D eigenvalue weighted by Gasteiger charge is -2.33. The van der Waals surface area contributed by atoms with Crippen LogP contribution in [0, 0.1) is 13.8 Å². The second-order valence-corrected chi connectivity index (χ2v) is 10.1. The molecule has 1 atom stereocenters. The summed E-state index contributed by atoms with van der Waals surface area (Å²) in [6.07, 6.45) is 0. The Balaban J connectivity index is 1.57. The first-order valence-corrected chi connectivity index (χ1v) is 11.9. The van der Waals surface area contributed by atoms with E-state index in [1.165, 1.54) is 0 Å². The Morgan fingerprint density at radius 3 is 2.30 bits per heavy atom. The summed E-state index contributed by atoms with van der Waals surface area (Å²) in [5.41, 5.74) is 3.16. The van der Waals surface area contributed by atoms with E-state index in [0.717, 1.165) is 21.6 Å². The highest BCUT2D eigenvalue weighted by molar-refractivity contribution is 7.89. The Hall–Kier alpha value is -2.22. The molecule has 162 valence electrons. The molecule has 1 N–H and O–H groups in total. The molecule has 1 aliphatic heterocycles. The molecule has 0 unspecified atom stereocenters. The molecule has 7 heteroatoms. The molecule has 1 saturated heterocycles. The molecule has 1 amide bonds. The predicted molar refractivity (Wildman–Crippen MR) is 118 cm³/mol. The van der Waals surface area contributed by atoms with Gasteiger partial charge in [-0.3, -0.25) is 4.79 Å². The normalized spacial score (nSPS) is 16.9. The van der Waals surface area contributed by atoms with E-state index >= 15 is 0 Å². The zero-order valence-electron chi connectivity index (χ0n) is 18.3. The van der Waals surface area contributed by atoms with Crippen LogP contribution in [0.1, 0.15) is 29.7 Å². The summed E-state index contributed by atoms with van der Waals surface area (Å²) >= 11 is 0. The Morgan fingerprint density at radius 2 is 1.70 bits per heavy atom. The maximum Gasteiger partial charge on any atom is 0.278 e. The lowest BCUT2D eigenvalue weighted by Crippen LogP contribution is -3.15. The van der Waals surface area contributed by atoms with E-state index < -0.39 is 10.0 Å². The Kier molecular flexibility index (Phi) is 6.95. The molecule has 3 rings (SSSR count). The molecule has 2 aromatic rings. The van der Waals surface area contributed by atoms with Crippen LogP contribution in [0.3, 0.4) is 0 Å². The van der Waals surface area contributed by atoms with E-state index in [1.54, 1.807) is 21.3 Å². The summed E-state index contributed by atoms with van der Waals surface area (Å²) in [6, 6.07) is 15.3. The van der Waals surface area contributed by atoms with Crippen molar-refractivity contribution in [2.24, 2.45) is 0 Å². The lowest BCUT2D eigenvalue weighted by atomic mass is 10.1. The van der Waals surface area contributed by atoms with Gasteiger partial charge in [0.2, 0.25) is 10.0 Å². The number of nitrogens with zero attached hydrogens (tertiary/aromatic N) is 2. The fourth-order valence-corrected chi connectivity index (χ4v) is 5.28. The third-order valence-corrected chi connectivity index (χ3v) is 8.10. The van der Waals surface area contributed by atoms with Gasteiger partial charge in [-0.05, 0) is 49.6 Å². The molecule has 1 aliphatic rings. The number of sulfonamides is 1. The first-order valence-electron chi connectivity index (χ1n) is 10.4. The van der Waals surface area contributed by atoms with Crippen molar-refractivity contribution in [1.29, 1.82) is 0 Å². The smallest absolute Gasteiger partial charge is 0.278 e. The fourth-order valence-electron chi connectivity index (χ4n) is 3.75. The second-order valence-electron chi connectivity index (χ2n) is 8.17. The van der Waals surface area contributed by atoms with E-state index in [9.17, 15) is 13.2 Å². The third-order valence-electron chi connectivity index (χ3n) is 6.20. The third kappa shape index (κ3) is 4.91. The van der Waals surface area contributed by atoms with Gasteiger partial charge in [0, 0.05) is 7.05 Å². The fraction of sp³-hybridized carbons (Fsp3) is 0.435. The highest BCUT2D eigenvalue weighted by Gasteiger charge is 2.32. The summed E-state index contributed by atoms with van der Waals surface area (Å²) in [5, 5.41) is 0. The molecule has 0 aliphatic carbocycles. The molecule has 0 radical (unpaired) electrons. The number of quaternary nitrogens is 1. The number of nitrogens with one attached hydrogen (secondary N) is 1. The van der Waals surface area contributed by atoms with Crippen molar-refractivity contribution in [3.8, 4) is 0 Å². The van der Waals surface area contributed by atoms with E-state index in [-0.39, 0.29) is 11.9 Å². The Labute approximate surface area is 180 Å². The molecule has 1 heterocycles. The van der Waals surface area contributed by atoms with Gasteiger partial charge in [0.25, 0.3) is 5.91 Å². The minimum Gasteiger partial charge on any atom is -0.334 e. The zero-order valence-corrected chi connectivity index (χ0v) is 19.1. The molecule has 2 aromatic carbocycles. The number of carbonyl (C=O) groups is 1. The monoisotopic (exact) mass is 430 g/mol. The minimum atomic E-state index is -3.49. The summed E-state index contributed by atoms with van der Waals surface area (Å²) in [7, 11) is -1.66. The van der Waals surface area contributed by atoms with Crippen molar-refractivity contribution in [1.82, 2.24) is 9.21 Å². The molecule has 0 aromatic heterocycles. The summed E-state index contributed by atoms with van der Waals surface area (Å²) in [5.74, 6) is 0.0758. The second kappa shape index (κ2) is 9.29. The maximum atomic E-state index is 13.0. The van der Waals surface area contributed by atoms with Crippen LogP contribution in [0.2, 0.25) is 0 Å². The van der Waals surface area contributed by atoms with Gasteiger partial charge in [-0.1, -0.05) is 36.4 Å². The largest absolute Gasteiger partial charge is 0.334 e. The van der Waals surface area contributed by atoms with Crippen LogP contribution in [-0.2, 0) is 14.8 Å². The number of aryl methyl sites for hydroxylation is 2. The van der Waals surface area contributed by atoms with E-state index in [2.05, 4.69) is 0 Å². The van der Waals surface area contributed by atoms with E-state index in [4.69, 9.17) is 0 Å². The zero-order chi connectivity index (χ0) is 21.9. The maximum absolute atomic E-state index is 13.0. The molecule has 0 saturated carbocycles. The average molecular weight is 431 g/mol. The number of carbonyl (C=O) groups excluding carboxylic acids is 1. The number of amides is 1. The van der Waals surface area contributed by atoms with Gasteiger partial charge < -0.3 is 9.80 Å². The van der Waals surface area contributed by atoms with Crippen LogP contribution in [0.25, 0.3) is 0 Å². The van der Waals surface area contributed by atoms with Crippen molar-refractivity contribution in [2.45, 2.75) is 31.7 Å². The van der Waals surface area contributed by atoms with Crippen LogP contribution in [0.5, 0.6) is 0 Å². The number of hydrogen-bond acceptors (Lipinski definition) is 3. The summed E-state index contributed by atoms with van der Waals surface area (Å²) in [6.45, 7) is 8.41. The highest BCUT2D eigenvalue weighted by atomic mass is 32.2. The predicted octanol–water partition coefficient (Wildman–Crippen LogP) is 1.41. The summed E-state index contributed by atoms with van der Waals surface area (Å²) < 4.78 is 27.5. The van der Waals surface area contributed by atoms with Crippen LogP contribution in [0.4, 0.5) is 0 Å². The van der Waals surface area contributed by atoms with Crippen LogP contribution in [0.15, 0.2) is 53.4 Å². The van der Waals surface area contributed by atoms with Gasteiger partial charge in [0.05, 0.1) is 37.1 Å². The number of rotatable bonds is 6. The van der Waals surface area contributed by atoms with E-state index in [0.29, 0.717) is 37.6 Å². The minimum absolute atomic E-state index is 0.00421. The number of likely N-dealkylation sites (N-methyl/N-ethyl adjacent to an activating group) is 1. The first-order chi connectivity index (χ1) is 14.2. The first kappa shape index (κ1) is 22.5. The molecule has 6 nitrogen and oxygen atoms in total. The molecule has 0 bridgehead atoms. The topological polar surface area (TPSA) is 62.1 Å². The van der Waals surface area contributed by atoms with Gasteiger partial charge in [0.15, 0.2) is 6.54 Å². The van der Waals surface area contributed by atoms with Crippen LogP contribution in [-0.4, -0.2) is 63.3 Å². The van der Waals surface area contributed by atoms with Gasteiger partial charge in [0.1, 0.15) is 0 Å². The summed E-state index contributed by atoms with van der Waals surface area (Å²) in [4.78, 5) is 16.0. The molecule has 1 fully saturated rings. The molecular formula is C23H32N3O3S+. The highest BCUT2D eigenvalue weighted by Crippen LogP contribution is 2.20.